The number of nitrogens with two attached hydrogens (primary N) is 2. The van der Waals surface area contributed by atoms with E-state index in [1.54, 1.807) is 12.1 Å². The van der Waals surface area contributed by atoms with E-state index in [1.165, 1.54) is 0 Å². The van der Waals surface area contributed by atoms with Gasteiger partial charge in [0.05, 0.1) is 0 Å². The molecule has 0 spiro atoms. The van der Waals surface area contributed by atoms with Gasteiger partial charge in [0.2, 0.25) is 11.6 Å². The number of aromatic nitrogens is 4. The molecule has 0 radical (unpaired) electrons. The van der Waals surface area contributed by atoms with Crippen molar-refractivity contribution in [3.63, 3.8) is 0 Å². The minimum absolute atomic E-state index is 0.390. The van der Waals surface area contributed by atoms with Crippen LogP contribution in [0.3, 0.4) is 0 Å². The third-order valence-electron chi connectivity index (χ3n) is 2.88. The highest BCUT2D eigenvalue weighted by Gasteiger charge is 2.10. The van der Waals surface area contributed by atoms with Crippen LogP contribution in [-0.4, -0.2) is 20.4 Å². The number of nitrogen functional groups attached to an aromatic ring is 2. The Balaban J connectivity index is 2.01. The van der Waals surface area contributed by atoms with Gasteiger partial charge in [-0.25, -0.2) is 0 Å². The summed E-state index contributed by atoms with van der Waals surface area (Å²) in [5, 5.41) is 16.3. The van der Waals surface area contributed by atoms with Gasteiger partial charge in [-0.15, -0.1) is 20.4 Å². The first-order valence-corrected chi connectivity index (χ1v) is 6.03. The topological polar surface area (TPSA) is 104 Å². The molecule has 0 aliphatic rings. The molecular formula is C14H12N6. The van der Waals surface area contributed by atoms with Crippen LogP contribution in [0.4, 0.5) is 11.4 Å². The molecule has 0 saturated heterocycles. The van der Waals surface area contributed by atoms with Crippen molar-refractivity contribution >= 4 is 11.4 Å². The molecule has 6 nitrogen and oxygen atoms in total. The highest BCUT2D eigenvalue weighted by molar-refractivity contribution is 5.72. The minimum atomic E-state index is 0.390. The Morgan fingerprint density at radius 1 is 0.550 bits per heavy atom. The van der Waals surface area contributed by atoms with E-state index in [9.17, 15) is 0 Å². The van der Waals surface area contributed by atoms with E-state index in [-0.39, 0.29) is 0 Å². The van der Waals surface area contributed by atoms with Crippen LogP contribution in [0, 0.1) is 0 Å². The summed E-state index contributed by atoms with van der Waals surface area (Å²) in [6, 6.07) is 14.6. The van der Waals surface area contributed by atoms with Crippen molar-refractivity contribution in [2.45, 2.75) is 0 Å². The third-order valence-corrected chi connectivity index (χ3v) is 2.88. The van der Waals surface area contributed by atoms with E-state index >= 15 is 0 Å². The molecule has 20 heavy (non-hydrogen) atoms. The quantitative estimate of drug-likeness (QED) is 0.683. The second kappa shape index (κ2) is 4.93. The molecule has 1 heterocycles. The average molecular weight is 264 g/mol. The Morgan fingerprint density at radius 3 is 1.25 bits per heavy atom. The molecule has 0 saturated carbocycles. The van der Waals surface area contributed by atoms with E-state index in [0.29, 0.717) is 34.2 Å². The first kappa shape index (κ1) is 12.0. The molecule has 0 unspecified atom stereocenters. The fourth-order valence-electron chi connectivity index (χ4n) is 1.85. The van der Waals surface area contributed by atoms with Crippen molar-refractivity contribution in [1.29, 1.82) is 0 Å². The zero-order valence-corrected chi connectivity index (χ0v) is 10.6. The van der Waals surface area contributed by atoms with Gasteiger partial charge >= 0.3 is 0 Å². The average Bonchev–Trinajstić information content (AvgIpc) is 2.49. The third kappa shape index (κ3) is 2.14. The fourth-order valence-corrected chi connectivity index (χ4v) is 1.85. The van der Waals surface area contributed by atoms with Crippen molar-refractivity contribution in [1.82, 2.24) is 20.4 Å². The second-order valence-electron chi connectivity index (χ2n) is 4.22. The summed E-state index contributed by atoms with van der Waals surface area (Å²) in [5.41, 5.74) is 14.3. The SMILES string of the molecule is Nc1ccccc1-c1nnc(-c2ccccc2N)nn1. The van der Waals surface area contributed by atoms with E-state index in [2.05, 4.69) is 20.4 Å². The smallest absolute Gasteiger partial charge is 0.205 e. The molecule has 98 valence electrons. The molecule has 0 atom stereocenters. The van der Waals surface area contributed by atoms with Crippen molar-refractivity contribution in [2.75, 3.05) is 11.5 Å². The van der Waals surface area contributed by atoms with Crippen molar-refractivity contribution in [2.24, 2.45) is 0 Å². The molecule has 0 aliphatic heterocycles. The van der Waals surface area contributed by atoms with E-state index in [0.717, 1.165) is 0 Å². The van der Waals surface area contributed by atoms with Crippen LogP contribution in [0.2, 0.25) is 0 Å². The van der Waals surface area contributed by atoms with Crippen LogP contribution >= 0.6 is 0 Å². The van der Waals surface area contributed by atoms with Crippen molar-refractivity contribution in [3.05, 3.63) is 48.5 Å². The van der Waals surface area contributed by atoms with Crippen molar-refractivity contribution in [3.8, 4) is 22.8 Å². The highest BCUT2D eigenvalue weighted by Crippen LogP contribution is 2.23. The lowest BCUT2D eigenvalue weighted by Crippen LogP contribution is -2.02. The fraction of sp³-hybridized carbons (Fsp3) is 0. The summed E-state index contributed by atoms with van der Waals surface area (Å²) in [5.74, 6) is 0.780. The Morgan fingerprint density at radius 2 is 0.900 bits per heavy atom. The van der Waals surface area contributed by atoms with E-state index < -0.39 is 0 Å². The molecule has 3 rings (SSSR count). The van der Waals surface area contributed by atoms with Gasteiger partial charge in [0.25, 0.3) is 0 Å². The van der Waals surface area contributed by atoms with Crippen LogP contribution in [0.15, 0.2) is 48.5 Å². The maximum absolute atomic E-state index is 5.87. The first-order valence-electron chi connectivity index (χ1n) is 6.03. The zero-order chi connectivity index (χ0) is 13.9. The van der Waals surface area contributed by atoms with Gasteiger partial charge in [-0.1, -0.05) is 24.3 Å². The molecular weight excluding hydrogens is 252 g/mol. The van der Waals surface area contributed by atoms with Crippen LogP contribution in [0.1, 0.15) is 0 Å². The van der Waals surface area contributed by atoms with Crippen LogP contribution in [0.25, 0.3) is 22.8 Å². The highest BCUT2D eigenvalue weighted by atomic mass is 15.3. The predicted molar refractivity (Wildman–Crippen MR) is 77.3 cm³/mol. The monoisotopic (exact) mass is 264 g/mol. The molecule has 0 aliphatic carbocycles. The molecule has 2 aromatic carbocycles. The van der Waals surface area contributed by atoms with Crippen LogP contribution in [-0.2, 0) is 0 Å². The van der Waals surface area contributed by atoms with Crippen molar-refractivity contribution < 1.29 is 0 Å². The lowest BCUT2D eigenvalue weighted by molar-refractivity contribution is 0.877. The normalized spacial score (nSPS) is 10.4. The maximum Gasteiger partial charge on any atom is 0.205 e. The van der Waals surface area contributed by atoms with Gasteiger partial charge in [0, 0.05) is 22.5 Å². The van der Waals surface area contributed by atoms with Gasteiger partial charge in [0.1, 0.15) is 0 Å². The summed E-state index contributed by atoms with van der Waals surface area (Å²) in [6.45, 7) is 0. The van der Waals surface area contributed by atoms with Crippen LogP contribution < -0.4 is 11.5 Å². The number of hydrogen-bond donors (Lipinski definition) is 2. The molecule has 0 amide bonds. The number of nitrogens with zero attached hydrogens (tertiary/aromatic N) is 4. The Labute approximate surface area is 115 Å². The number of rotatable bonds is 2. The lowest BCUT2D eigenvalue weighted by atomic mass is 10.1. The maximum atomic E-state index is 5.87. The van der Waals surface area contributed by atoms with E-state index in [4.69, 9.17) is 11.5 Å². The summed E-state index contributed by atoms with van der Waals surface area (Å²) in [6.07, 6.45) is 0. The molecule has 1 aromatic heterocycles. The number of anilines is 2. The number of hydrogen-bond acceptors (Lipinski definition) is 6. The predicted octanol–water partition coefficient (Wildman–Crippen LogP) is 1.76. The minimum Gasteiger partial charge on any atom is -0.398 e. The summed E-state index contributed by atoms with van der Waals surface area (Å²) in [7, 11) is 0. The van der Waals surface area contributed by atoms with Gasteiger partial charge in [-0.2, -0.15) is 0 Å². The molecule has 4 N–H and O–H groups in total. The number of benzene rings is 2. The summed E-state index contributed by atoms with van der Waals surface area (Å²) < 4.78 is 0. The second-order valence-corrected chi connectivity index (χ2v) is 4.22. The lowest BCUT2D eigenvalue weighted by Gasteiger charge is -2.04. The van der Waals surface area contributed by atoms with E-state index in [1.807, 2.05) is 36.4 Å². The number of para-hydroxylation sites is 2. The Kier molecular flexibility index (Phi) is 2.96. The van der Waals surface area contributed by atoms with Gasteiger partial charge in [0.15, 0.2) is 0 Å². The molecule has 3 aromatic rings. The molecule has 0 bridgehead atoms. The standard InChI is InChI=1S/C14H12N6/c15-11-7-3-1-5-9(11)13-17-19-14(20-18-13)10-6-2-4-8-12(10)16/h1-8H,15-16H2. The largest absolute Gasteiger partial charge is 0.398 e. The zero-order valence-electron chi connectivity index (χ0n) is 10.6. The van der Waals surface area contributed by atoms with Crippen LogP contribution in [0.5, 0.6) is 0 Å². The molecule has 0 fully saturated rings. The van der Waals surface area contributed by atoms with Gasteiger partial charge in [-0.05, 0) is 24.3 Å². The Bertz CT molecular complexity index is 674. The Hall–Kier alpha value is -3.02. The summed E-state index contributed by atoms with van der Waals surface area (Å²) >= 11 is 0. The summed E-state index contributed by atoms with van der Waals surface area (Å²) in [4.78, 5) is 0. The molecule has 6 heteroatoms. The van der Waals surface area contributed by atoms with Gasteiger partial charge in [-0.3, -0.25) is 0 Å². The first-order chi connectivity index (χ1) is 9.75. The van der Waals surface area contributed by atoms with Gasteiger partial charge < -0.3 is 11.5 Å².